The molecule has 136 valence electrons. The van der Waals surface area contributed by atoms with Crippen molar-refractivity contribution in [2.75, 3.05) is 10.6 Å². The van der Waals surface area contributed by atoms with Crippen molar-refractivity contribution in [3.8, 4) is 0 Å². The molecule has 0 aromatic heterocycles. The SMILES string of the molecule is CC(C)(C)c1ccccc1NC(=O)C(=O)Nc1ccc(Cl)c([N+](=O)[O-])c1. The largest absolute Gasteiger partial charge is 0.318 e. The maximum absolute atomic E-state index is 12.2. The third kappa shape index (κ3) is 4.58. The minimum Gasteiger partial charge on any atom is -0.318 e. The summed E-state index contributed by atoms with van der Waals surface area (Å²) in [7, 11) is 0. The molecule has 2 aromatic rings. The van der Waals surface area contributed by atoms with Crippen molar-refractivity contribution in [1.82, 2.24) is 0 Å². The maximum atomic E-state index is 12.2. The molecule has 0 fully saturated rings. The summed E-state index contributed by atoms with van der Waals surface area (Å²) in [6.07, 6.45) is 0. The van der Waals surface area contributed by atoms with Crippen LogP contribution in [-0.4, -0.2) is 16.7 Å². The number of anilines is 2. The molecule has 0 radical (unpaired) electrons. The molecule has 0 heterocycles. The predicted octanol–water partition coefficient (Wildman–Crippen LogP) is 4.12. The Bertz CT molecular complexity index is 875. The van der Waals surface area contributed by atoms with Crippen molar-refractivity contribution in [2.45, 2.75) is 26.2 Å². The number of hydrogen-bond acceptors (Lipinski definition) is 4. The van der Waals surface area contributed by atoms with Gasteiger partial charge in [-0.05, 0) is 29.2 Å². The van der Waals surface area contributed by atoms with Crippen LogP contribution in [0.5, 0.6) is 0 Å². The van der Waals surface area contributed by atoms with E-state index in [4.69, 9.17) is 11.6 Å². The highest BCUT2D eigenvalue weighted by Gasteiger charge is 2.22. The van der Waals surface area contributed by atoms with Crippen molar-refractivity contribution in [2.24, 2.45) is 0 Å². The van der Waals surface area contributed by atoms with Gasteiger partial charge in [-0.2, -0.15) is 0 Å². The number of nitro groups is 1. The third-order valence-electron chi connectivity index (χ3n) is 3.59. The highest BCUT2D eigenvalue weighted by molar-refractivity contribution is 6.43. The second-order valence-corrected chi connectivity index (χ2v) is 7.03. The molecular weight excluding hydrogens is 358 g/mol. The molecule has 0 saturated carbocycles. The molecule has 0 aliphatic rings. The molecule has 0 aliphatic heterocycles. The fraction of sp³-hybridized carbons (Fsp3) is 0.222. The van der Waals surface area contributed by atoms with E-state index in [1.807, 2.05) is 32.9 Å². The van der Waals surface area contributed by atoms with Crippen LogP contribution >= 0.6 is 11.6 Å². The predicted molar refractivity (Wildman–Crippen MR) is 101 cm³/mol. The molecule has 0 aliphatic carbocycles. The molecule has 0 saturated heterocycles. The van der Waals surface area contributed by atoms with Gasteiger partial charge in [-0.1, -0.05) is 50.6 Å². The van der Waals surface area contributed by atoms with E-state index in [1.165, 1.54) is 12.1 Å². The number of nitrogens with one attached hydrogen (secondary N) is 2. The van der Waals surface area contributed by atoms with Gasteiger partial charge in [0, 0.05) is 17.4 Å². The number of para-hydroxylation sites is 1. The summed E-state index contributed by atoms with van der Waals surface area (Å²) in [6, 6.07) is 10.9. The van der Waals surface area contributed by atoms with Gasteiger partial charge in [0.1, 0.15) is 5.02 Å². The third-order valence-corrected chi connectivity index (χ3v) is 3.91. The Morgan fingerprint density at radius 1 is 1.04 bits per heavy atom. The van der Waals surface area contributed by atoms with Gasteiger partial charge in [0.2, 0.25) is 0 Å². The van der Waals surface area contributed by atoms with Crippen molar-refractivity contribution in [3.63, 3.8) is 0 Å². The molecule has 0 unspecified atom stereocenters. The summed E-state index contributed by atoms with van der Waals surface area (Å²) in [5.74, 6) is -1.82. The van der Waals surface area contributed by atoms with Crippen LogP contribution in [-0.2, 0) is 15.0 Å². The number of carbonyl (C=O) groups is 2. The lowest BCUT2D eigenvalue weighted by Gasteiger charge is -2.22. The normalized spacial score (nSPS) is 10.9. The molecule has 2 amide bonds. The molecule has 0 bridgehead atoms. The average Bonchev–Trinajstić information content (AvgIpc) is 2.55. The minimum atomic E-state index is -0.940. The first-order valence-electron chi connectivity index (χ1n) is 7.75. The van der Waals surface area contributed by atoms with Crippen molar-refractivity contribution < 1.29 is 14.5 Å². The fourth-order valence-corrected chi connectivity index (χ4v) is 2.53. The van der Waals surface area contributed by atoms with Gasteiger partial charge < -0.3 is 10.6 Å². The lowest BCUT2D eigenvalue weighted by molar-refractivity contribution is -0.384. The summed E-state index contributed by atoms with van der Waals surface area (Å²) < 4.78 is 0. The molecule has 26 heavy (non-hydrogen) atoms. The highest BCUT2D eigenvalue weighted by atomic mass is 35.5. The van der Waals surface area contributed by atoms with E-state index in [1.54, 1.807) is 12.1 Å². The molecule has 2 N–H and O–H groups in total. The molecular formula is C18H18ClN3O4. The van der Waals surface area contributed by atoms with Crippen LogP contribution in [0.1, 0.15) is 26.3 Å². The van der Waals surface area contributed by atoms with E-state index in [0.717, 1.165) is 11.6 Å². The van der Waals surface area contributed by atoms with Crippen LogP contribution in [0.2, 0.25) is 5.02 Å². The second-order valence-electron chi connectivity index (χ2n) is 6.63. The van der Waals surface area contributed by atoms with E-state index in [2.05, 4.69) is 10.6 Å². The van der Waals surface area contributed by atoms with E-state index >= 15 is 0 Å². The molecule has 0 spiro atoms. The number of amides is 2. The highest BCUT2D eigenvalue weighted by Crippen LogP contribution is 2.29. The zero-order chi connectivity index (χ0) is 19.5. The zero-order valence-electron chi connectivity index (χ0n) is 14.5. The van der Waals surface area contributed by atoms with Crippen LogP contribution in [0, 0.1) is 10.1 Å². The molecule has 0 atom stereocenters. The second kappa shape index (κ2) is 7.53. The summed E-state index contributed by atoms with van der Waals surface area (Å²) >= 11 is 5.72. The monoisotopic (exact) mass is 375 g/mol. The number of benzene rings is 2. The van der Waals surface area contributed by atoms with Gasteiger partial charge in [-0.3, -0.25) is 19.7 Å². The van der Waals surface area contributed by atoms with Crippen LogP contribution < -0.4 is 10.6 Å². The van der Waals surface area contributed by atoms with Crippen LogP contribution in [0.15, 0.2) is 42.5 Å². The van der Waals surface area contributed by atoms with Crippen LogP contribution in [0.25, 0.3) is 0 Å². The molecule has 2 aromatic carbocycles. The summed E-state index contributed by atoms with van der Waals surface area (Å²) in [6.45, 7) is 5.97. The standard InChI is InChI=1S/C18H18ClN3O4/c1-18(2,3)12-6-4-5-7-14(12)21-17(24)16(23)20-11-8-9-13(19)15(10-11)22(25)26/h4-10H,1-3H3,(H,20,23)(H,21,24). The number of halogens is 1. The first-order chi connectivity index (χ1) is 12.1. The van der Waals surface area contributed by atoms with Crippen LogP contribution in [0.3, 0.4) is 0 Å². The van der Waals surface area contributed by atoms with Gasteiger partial charge in [0.05, 0.1) is 4.92 Å². The first kappa shape index (κ1) is 19.4. The van der Waals surface area contributed by atoms with E-state index in [9.17, 15) is 19.7 Å². The summed E-state index contributed by atoms with van der Waals surface area (Å²) in [5, 5.41) is 15.7. The van der Waals surface area contributed by atoms with Gasteiger partial charge in [-0.15, -0.1) is 0 Å². The Balaban J connectivity index is 2.16. The van der Waals surface area contributed by atoms with E-state index in [0.29, 0.717) is 5.69 Å². The lowest BCUT2D eigenvalue weighted by Crippen LogP contribution is -2.30. The van der Waals surface area contributed by atoms with Gasteiger partial charge >= 0.3 is 11.8 Å². The molecule has 8 heteroatoms. The first-order valence-corrected chi connectivity index (χ1v) is 8.13. The Labute approximate surface area is 155 Å². The summed E-state index contributed by atoms with van der Waals surface area (Å²) in [5.41, 5.74) is 0.927. The Hall–Kier alpha value is -2.93. The Morgan fingerprint density at radius 3 is 2.27 bits per heavy atom. The smallest absolute Gasteiger partial charge is 0.314 e. The minimum absolute atomic E-state index is 0.0587. The number of rotatable bonds is 3. The van der Waals surface area contributed by atoms with Gasteiger partial charge in [0.25, 0.3) is 5.69 Å². The fourth-order valence-electron chi connectivity index (χ4n) is 2.34. The van der Waals surface area contributed by atoms with Crippen molar-refractivity contribution >= 4 is 40.5 Å². The van der Waals surface area contributed by atoms with E-state index in [-0.39, 0.29) is 21.8 Å². The quantitative estimate of drug-likeness (QED) is 0.478. The number of carbonyl (C=O) groups excluding carboxylic acids is 2. The Kier molecular flexibility index (Phi) is 5.62. The number of nitro benzene ring substituents is 1. The Morgan fingerprint density at radius 2 is 1.65 bits per heavy atom. The molecule has 2 rings (SSSR count). The van der Waals surface area contributed by atoms with Crippen molar-refractivity contribution in [3.05, 3.63) is 63.2 Å². The van der Waals surface area contributed by atoms with Gasteiger partial charge in [-0.25, -0.2) is 0 Å². The van der Waals surface area contributed by atoms with Crippen molar-refractivity contribution in [1.29, 1.82) is 0 Å². The van der Waals surface area contributed by atoms with E-state index < -0.39 is 16.7 Å². The summed E-state index contributed by atoms with van der Waals surface area (Å²) in [4.78, 5) is 34.5. The topological polar surface area (TPSA) is 101 Å². The molecule has 7 nitrogen and oxygen atoms in total. The maximum Gasteiger partial charge on any atom is 0.314 e. The lowest BCUT2D eigenvalue weighted by atomic mass is 9.86. The van der Waals surface area contributed by atoms with Gasteiger partial charge in [0.15, 0.2) is 0 Å². The average molecular weight is 376 g/mol. The zero-order valence-corrected chi connectivity index (χ0v) is 15.3. The number of nitrogens with zero attached hydrogens (tertiary/aromatic N) is 1. The van der Waals surface area contributed by atoms with Crippen LogP contribution in [0.4, 0.5) is 17.1 Å². The number of hydrogen-bond donors (Lipinski definition) is 2.